The van der Waals surface area contributed by atoms with Gasteiger partial charge >= 0.3 is 6.09 Å². The van der Waals surface area contributed by atoms with Gasteiger partial charge in [-0.3, -0.25) is 9.59 Å². The van der Waals surface area contributed by atoms with Gasteiger partial charge in [-0.2, -0.15) is 0 Å². The van der Waals surface area contributed by atoms with Gasteiger partial charge in [-0.1, -0.05) is 44.5 Å². The smallest absolute Gasteiger partial charge is 0.408 e. The van der Waals surface area contributed by atoms with Crippen LogP contribution in [0.15, 0.2) is 48.5 Å². The van der Waals surface area contributed by atoms with Crippen molar-refractivity contribution in [3.63, 3.8) is 0 Å². The molecule has 0 bridgehead atoms. The van der Waals surface area contributed by atoms with Gasteiger partial charge in [0, 0.05) is 18.5 Å². The molecular formula is C31H45N3O6. The number of nitrogens with one attached hydrogen (secondary N) is 2. The van der Waals surface area contributed by atoms with E-state index in [1.165, 1.54) is 29.2 Å². The normalized spacial score (nSPS) is 14.4. The number of aromatic hydroxyl groups is 2. The molecule has 0 saturated carbocycles. The monoisotopic (exact) mass is 555 g/mol. The Hall–Kier alpha value is -3.75. The molecule has 0 aliphatic carbocycles. The summed E-state index contributed by atoms with van der Waals surface area (Å²) in [6, 6.07) is 10.0. The lowest BCUT2D eigenvalue weighted by Gasteiger charge is -2.38. The topological polar surface area (TPSA) is 128 Å². The Morgan fingerprint density at radius 2 is 1.45 bits per heavy atom. The highest BCUT2D eigenvalue weighted by Crippen LogP contribution is 2.28. The van der Waals surface area contributed by atoms with E-state index in [2.05, 4.69) is 10.6 Å². The number of amides is 3. The minimum absolute atomic E-state index is 0.0421. The number of ether oxygens (including phenoxy) is 1. The van der Waals surface area contributed by atoms with Crippen LogP contribution in [0, 0.1) is 0 Å². The molecule has 9 heteroatoms. The van der Waals surface area contributed by atoms with Gasteiger partial charge in [-0.15, -0.1) is 0 Å². The van der Waals surface area contributed by atoms with Gasteiger partial charge < -0.3 is 30.5 Å². The lowest BCUT2D eigenvalue weighted by molar-refractivity contribution is -0.145. The van der Waals surface area contributed by atoms with E-state index >= 15 is 0 Å². The summed E-state index contributed by atoms with van der Waals surface area (Å²) in [5.41, 5.74) is 0.461. The number of benzene rings is 2. The molecule has 0 saturated heterocycles. The van der Waals surface area contributed by atoms with Crippen molar-refractivity contribution in [1.29, 1.82) is 0 Å². The predicted octanol–water partition coefficient (Wildman–Crippen LogP) is 5.21. The molecule has 4 atom stereocenters. The maximum absolute atomic E-state index is 14.4. The number of phenolic OH excluding ortho intramolecular Hbond substituents is 2. The van der Waals surface area contributed by atoms with E-state index in [1.807, 2.05) is 27.7 Å². The molecule has 9 nitrogen and oxygen atoms in total. The summed E-state index contributed by atoms with van der Waals surface area (Å²) < 4.78 is 5.46. The van der Waals surface area contributed by atoms with Crippen LogP contribution in [0.25, 0.3) is 0 Å². The third kappa shape index (κ3) is 9.77. The van der Waals surface area contributed by atoms with E-state index in [0.29, 0.717) is 17.5 Å². The predicted molar refractivity (Wildman–Crippen MR) is 155 cm³/mol. The first-order valence-electron chi connectivity index (χ1n) is 13.9. The molecule has 0 aromatic heterocycles. The third-order valence-corrected chi connectivity index (χ3v) is 6.53. The minimum atomic E-state index is -1.06. The number of carbonyl (C=O) groups is 3. The Bertz CT molecular complexity index is 1110. The summed E-state index contributed by atoms with van der Waals surface area (Å²) in [5, 5.41) is 25.4. The SMILES string of the molecule is CCCC(C)NC(=O)C(c1ccc(O)cc1)N(C(=O)C(Cc1ccc(O)cc1)NC(=O)OC(C)(C)C)C(C)CC. The van der Waals surface area contributed by atoms with E-state index in [9.17, 15) is 24.6 Å². The Balaban J connectivity index is 2.58. The Morgan fingerprint density at radius 3 is 1.95 bits per heavy atom. The van der Waals surface area contributed by atoms with Crippen molar-refractivity contribution >= 4 is 17.9 Å². The van der Waals surface area contributed by atoms with Gasteiger partial charge in [0.25, 0.3) is 0 Å². The first kappa shape index (κ1) is 32.5. The first-order chi connectivity index (χ1) is 18.7. The van der Waals surface area contributed by atoms with E-state index in [1.54, 1.807) is 45.0 Å². The average Bonchev–Trinajstić information content (AvgIpc) is 2.87. The molecule has 2 aromatic rings. The van der Waals surface area contributed by atoms with E-state index < -0.39 is 29.7 Å². The highest BCUT2D eigenvalue weighted by atomic mass is 16.6. The standard InChI is InChI=1S/C31H45N3O6/c1-8-10-20(3)32-28(37)27(23-13-17-25(36)18-14-23)34(21(4)9-2)29(38)26(33-30(39)40-31(5,6)7)19-22-11-15-24(35)16-12-22/h11-18,20-21,26-27,35-36H,8-10,19H2,1-7H3,(H,32,37)(H,33,39). The molecule has 4 N–H and O–H groups in total. The summed E-state index contributed by atoms with van der Waals surface area (Å²) in [4.78, 5) is 42.6. The molecule has 0 spiro atoms. The second-order valence-corrected chi connectivity index (χ2v) is 11.3. The quantitative estimate of drug-likeness (QED) is 0.285. The van der Waals surface area contributed by atoms with Crippen molar-refractivity contribution in [2.24, 2.45) is 0 Å². The van der Waals surface area contributed by atoms with Crippen LogP contribution in [0.2, 0.25) is 0 Å². The molecule has 0 aliphatic rings. The molecule has 2 aromatic carbocycles. The molecule has 0 heterocycles. The van der Waals surface area contributed by atoms with Crippen LogP contribution in [-0.2, 0) is 20.7 Å². The Labute approximate surface area is 237 Å². The van der Waals surface area contributed by atoms with Crippen LogP contribution in [0.4, 0.5) is 4.79 Å². The van der Waals surface area contributed by atoms with Crippen molar-refractivity contribution in [3.05, 3.63) is 59.7 Å². The summed E-state index contributed by atoms with van der Waals surface area (Å²) in [5.74, 6) is -0.677. The van der Waals surface area contributed by atoms with Crippen LogP contribution in [0.5, 0.6) is 11.5 Å². The average molecular weight is 556 g/mol. The summed E-state index contributed by atoms with van der Waals surface area (Å²) in [6.45, 7) is 12.9. The van der Waals surface area contributed by atoms with Gasteiger partial charge in [0.1, 0.15) is 29.2 Å². The molecule has 220 valence electrons. The van der Waals surface area contributed by atoms with Crippen LogP contribution in [0.3, 0.4) is 0 Å². The molecule has 0 fully saturated rings. The second-order valence-electron chi connectivity index (χ2n) is 11.3. The number of nitrogens with zero attached hydrogens (tertiary/aromatic N) is 1. The number of alkyl carbamates (subject to hydrolysis) is 1. The first-order valence-corrected chi connectivity index (χ1v) is 13.9. The zero-order valence-electron chi connectivity index (χ0n) is 24.7. The lowest BCUT2D eigenvalue weighted by atomic mass is 9.97. The van der Waals surface area contributed by atoms with E-state index in [-0.39, 0.29) is 35.9 Å². The number of hydrogen-bond acceptors (Lipinski definition) is 6. The van der Waals surface area contributed by atoms with Gasteiger partial charge in [-0.05, 0) is 82.9 Å². The Morgan fingerprint density at radius 1 is 0.900 bits per heavy atom. The fourth-order valence-corrected chi connectivity index (χ4v) is 4.42. The van der Waals surface area contributed by atoms with Crippen molar-refractivity contribution in [2.45, 2.75) is 104 Å². The fourth-order valence-electron chi connectivity index (χ4n) is 4.42. The number of rotatable bonds is 12. The van der Waals surface area contributed by atoms with Crippen LogP contribution < -0.4 is 10.6 Å². The molecular weight excluding hydrogens is 510 g/mol. The van der Waals surface area contributed by atoms with Crippen LogP contribution in [0.1, 0.15) is 84.9 Å². The lowest BCUT2D eigenvalue weighted by Crippen LogP contribution is -2.56. The molecule has 40 heavy (non-hydrogen) atoms. The van der Waals surface area contributed by atoms with Gasteiger partial charge in [-0.25, -0.2) is 4.79 Å². The van der Waals surface area contributed by atoms with Gasteiger partial charge in [0.15, 0.2) is 0 Å². The van der Waals surface area contributed by atoms with Crippen LogP contribution in [-0.4, -0.2) is 56.7 Å². The second kappa shape index (κ2) is 14.6. The molecule has 4 unspecified atom stereocenters. The molecule has 0 radical (unpaired) electrons. The highest BCUT2D eigenvalue weighted by Gasteiger charge is 2.39. The number of phenols is 2. The maximum atomic E-state index is 14.4. The third-order valence-electron chi connectivity index (χ3n) is 6.53. The van der Waals surface area contributed by atoms with Crippen molar-refractivity contribution in [3.8, 4) is 11.5 Å². The van der Waals surface area contributed by atoms with Crippen molar-refractivity contribution in [2.75, 3.05) is 0 Å². The molecule has 2 rings (SSSR count). The Kier molecular flexibility index (Phi) is 11.8. The zero-order chi connectivity index (χ0) is 30.0. The van der Waals surface area contributed by atoms with Gasteiger partial charge in [0.2, 0.25) is 11.8 Å². The van der Waals surface area contributed by atoms with Crippen molar-refractivity contribution < 1.29 is 29.3 Å². The van der Waals surface area contributed by atoms with E-state index in [0.717, 1.165) is 12.8 Å². The van der Waals surface area contributed by atoms with Crippen molar-refractivity contribution in [1.82, 2.24) is 15.5 Å². The number of hydrogen-bond donors (Lipinski definition) is 4. The summed E-state index contributed by atoms with van der Waals surface area (Å²) >= 11 is 0. The number of carbonyl (C=O) groups excluding carboxylic acids is 3. The summed E-state index contributed by atoms with van der Waals surface area (Å²) in [6.07, 6.45) is 1.57. The highest BCUT2D eigenvalue weighted by molar-refractivity contribution is 5.92. The molecule has 3 amide bonds. The maximum Gasteiger partial charge on any atom is 0.408 e. The van der Waals surface area contributed by atoms with E-state index in [4.69, 9.17) is 4.74 Å². The largest absolute Gasteiger partial charge is 0.508 e. The fraction of sp³-hybridized carbons (Fsp3) is 0.516. The minimum Gasteiger partial charge on any atom is -0.508 e. The van der Waals surface area contributed by atoms with Crippen LogP contribution >= 0.6 is 0 Å². The summed E-state index contributed by atoms with van der Waals surface area (Å²) in [7, 11) is 0. The zero-order valence-corrected chi connectivity index (χ0v) is 24.7. The molecule has 0 aliphatic heterocycles. The van der Waals surface area contributed by atoms with Gasteiger partial charge in [0.05, 0.1) is 0 Å².